The van der Waals surface area contributed by atoms with E-state index in [4.69, 9.17) is 0 Å². The lowest BCUT2D eigenvalue weighted by molar-refractivity contribution is -0.274. The third-order valence-electron chi connectivity index (χ3n) is 5.35. The van der Waals surface area contributed by atoms with Crippen LogP contribution in [0.25, 0.3) is 0 Å². The van der Waals surface area contributed by atoms with Crippen molar-refractivity contribution in [2.75, 3.05) is 19.6 Å². The van der Waals surface area contributed by atoms with E-state index >= 15 is 0 Å². The Balaban J connectivity index is 1.79. The monoisotopic (exact) mass is 517 g/mol. The molecule has 0 bridgehead atoms. The van der Waals surface area contributed by atoms with Crippen molar-refractivity contribution < 1.29 is 35.9 Å². The molecule has 1 saturated heterocycles. The number of nitrogens with one attached hydrogen (secondary N) is 1. The van der Waals surface area contributed by atoms with Crippen LogP contribution >= 0.6 is 0 Å². The minimum absolute atomic E-state index is 0.0669. The van der Waals surface area contributed by atoms with Gasteiger partial charge in [-0.25, -0.2) is 8.42 Å². The number of halogens is 3. The molecule has 3 rings (SSSR count). The maximum absolute atomic E-state index is 13.3. The normalized spacial score (nSPS) is 17.3. The van der Waals surface area contributed by atoms with Gasteiger partial charge in [0.25, 0.3) is 0 Å². The number of aromatic nitrogens is 2. The SMILES string of the molecule is CCCn1cc(CNC(=O)[C@H]2CN(C(C)=O)CCN2S(=O)(=O)c2ccc(OC(F)(F)F)cc2)cn1. The molecule has 1 aromatic heterocycles. The van der Waals surface area contributed by atoms with Gasteiger partial charge in [-0.3, -0.25) is 14.3 Å². The Hall–Kier alpha value is -3.13. The molecule has 1 N–H and O–H groups in total. The van der Waals surface area contributed by atoms with Gasteiger partial charge in [-0.2, -0.15) is 9.40 Å². The van der Waals surface area contributed by atoms with Gasteiger partial charge < -0.3 is 15.0 Å². The van der Waals surface area contributed by atoms with Crippen LogP contribution in [0.5, 0.6) is 5.75 Å². The van der Waals surface area contributed by atoms with Crippen molar-refractivity contribution in [3.63, 3.8) is 0 Å². The van der Waals surface area contributed by atoms with E-state index in [0.29, 0.717) is 6.54 Å². The zero-order valence-electron chi connectivity index (χ0n) is 19.2. The van der Waals surface area contributed by atoms with Crippen molar-refractivity contribution in [2.45, 2.75) is 50.7 Å². The molecule has 1 aliphatic heterocycles. The fourth-order valence-corrected chi connectivity index (χ4v) is 5.23. The molecule has 0 aliphatic carbocycles. The average Bonchev–Trinajstić information content (AvgIpc) is 3.24. The fraction of sp³-hybridized carbons (Fsp3) is 0.476. The lowest BCUT2D eigenvalue weighted by atomic mass is 10.2. The van der Waals surface area contributed by atoms with Crippen molar-refractivity contribution >= 4 is 21.8 Å². The number of benzene rings is 1. The summed E-state index contributed by atoms with van der Waals surface area (Å²) in [6, 6.07) is 2.49. The Morgan fingerprint density at radius 1 is 1.20 bits per heavy atom. The smallest absolute Gasteiger partial charge is 0.406 e. The fourth-order valence-electron chi connectivity index (χ4n) is 3.66. The van der Waals surface area contributed by atoms with Crippen molar-refractivity contribution in [3.8, 4) is 5.75 Å². The summed E-state index contributed by atoms with van der Waals surface area (Å²) in [5.74, 6) is -1.50. The molecule has 35 heavy (non-hydrogen) atoms. The number of sulfonamides is 1. The number of hydrogen-bond acceptors (Lipinski definition) is 6. The number of amides is 2. The van der Waals surface area contributed by atoms with E-state index in [9.17, 15) is 31.2 Å². The Labute approximate surface area is 200 Å². The van der Waals surface area contributed by atoms with E-state index in [1.54, 1.807) is 17.1 Å². The molecular formula is C21H26F3N5O5S. The van der Waals surface area contributed by atoms with E-state index in [2.05, 4.69) is 15.2 Å². The van der Waals surface area contributed by atoms with Crippen LogP contribution in [0.15, 0.2) is 41.6 Å². The topological polar surface area (TPSA) is 114 Å². The van der Waals surface area contributed by atoms with Gasteiger partial charge in [0.1, 0.15) is 11.8 Å². The van der Waals surface area contributed by atoms with E-state index in [1.165, 1.54) is 11.8 Å². The first-order chi connectivity index (χ1) is 16.4. The summed E-state index contributed by atoms with van der Waals surface area (Å²) in [4.78, 5) is 26.0. The van der Waals surface area contributed by atoms with Crippen LogP contribution in [0, 0.1) is 0 Å². The number of aryl methyl sites for hydroxylation is 1. The van der Waals surface area contributed by atoms with Crippen LogP contribution in [-0.4, -0.2) is 71.3 Å². The number of alkyl halides is 3. The van der Waals surface area contributed by atoms with E-state index < -0.39 is 34.1 Å². The van der Waals surface area contributed by atoms with Crippen LogP contribution in [0.3, 0.4) is 0 Å². The first kappa shape index (κ1) is 26.5. The maximum atomic E-state index is 13.3. The zero-order chi connectivity index (χ0) is 25.8. The summed E-state index contributed by atoms with van der Waals surface area (Å²) in [6.45, 7) is 3.89. The second-order valence-electron chi connectivity index (χ2n) is 7.95. The van der Waals surface area contributed by atoms with Gasteiger partial charge in [-0.15, -0.1) is 13.2 Å². The maximum Gasteiger partial charge on any atom is 0.573 e. The Morgan fingerprint density at radius 3 is 2.49 bits per heavy atom. The number of ether oxygens (including phenoxy) is 1. The predicted molar refractivity (Wildman–Crippen MR) is 117 cm³/mol. The number of carbonyl (C=O) groups excluding carboxylic acids is 2. The van der Waals surface area contributed by atoms with Gasteiger partial charge in [-0.05, 0) is 30.7 Å². The molecule has 0 saturated carbocycles. The van der Waals surface area contributed by atoms with Crippen LogP contribution in [0.4, 0.5) is 13.2 Å². The lowest BCUT2D eigenvalue weighted by Crippen LogP contribution is -2.61. The van der Waals surface area contributed by atoms with Crippen LogP contribution < -0.4 is 10.1 Å². The summed E-state index contributed by atoms with van der Waals surface area (Å²) in [5, 5.41) is 6.87. The standard InChI is InChI=1S/C21H26F3N5O5S/c1-3-8-28-13-16(12-26-28)11-25-20(31)19-14-27(15(2)30)9-10-29(19)35(32,33)18-6-4-17(5-7-18)34-21(22,23)24/h4-7,12-13,19H,3,8-11,14H2,1-2H3,(H,25,31)/t19-/m1/s1. The highest BCUT2D eigenvalue weighted by Crippen LogP contribution is 2.27. The Bertz CT molecular complexity index is 1150. The summed E-state index contributed by atoms with van der Waals surface area (Å²) in [6.07, 6.45) is -0.671. The third-order valence-corrected chi connectivity index (χ3v) is 7.27. The van der Waals surface area contributed by atoms with Crippen LogP contribution in [0.1, 0.15) is 25.8 Å². The molecule has 1 atom stereocenters. The molecule has 0 radical (unpaired) electrons. The second-order valence-corrected chi connectivity index (χ2v) is 9.84. The summed E-state index contributed by atoms with van der Waals surface area (Å²) >= 11 is 0. The van der Waals surface area contributed by atoms with Gasteiger partial charge >= 0.3 is 6.36 Å². The first-order valence-corrected chi connectivity index (χ1v) is 12.3. The highest BCUT2D eigenvalue weighted by molar-refractivity contribution is 7.89. The summed E-state index contributed by atoms with van der Waals surface area (Å²) < 4.78 is 70.3. The van der Waals surface area contributed by atoms with E-state index in [-0.39, 0.29) is 37.0 Å². The van der Waals surface area contributed by atoms with Gasteiger partial charge in [0.2, 0.25) is 21.8 Å². The van der Waals surface area contributed by atoms with Gasteiger partial charge in [0, 0.05) is 51.4 Å². The molecule has 1 aromatic carbocycles. The number of nitrogens with zero attached hydrogens (tertiary/aromatic N) is 4. The lowest BCUT2D eigenvalue weighted by Gasteiger charge is -2.39. The Morgan fingerprint density at radius 2 is 1.89 bits per heavy atom. The third kappa shape index (κ3) is 6.72. The second kappa shape index (κ2) is 10.6. The van der Waals surface area contributed by atoms with Crippen LogP contribution in [0.2, 0.25) is 0 Å². The minimum atomic E-state index is -4.92. The molecule has 14 heteroatoms. The van der Waals surface area contributed by atoms with E-state index in [1.807, 2.05) is 6.92 Å². The van der Waals surface area contributed by atoms with E-state index in [0.717, 1.165) is 40.6 Å². The molecular weight excluding hydrogens is 491 g/mol. The summed E-state index contributed by atoms with van der Waals surface area (Å²) in [5.41, 5.74) is 0.723. The highest BCUT2D eigenvalue weighted by Gasteiger charge is 2.41. The molecule has 2 amide bonds. The number of carbonyl (C=O) groups is 2. The molecule has 1 aliphatic rings. The molecule has 192 valence electrons. The minimum Gasteiger partial charge on any atom is -0.406 e. The van der Waals surface area contributed by atoms with Gasteiger partial charge in [-0.1, -0.05) is 6.92 Å². The van der Waals surface area contributed by atoms with Crippen molar-refractivity contribution in [3.05, 3.63) is 42.2 Å². The average molecular weight is 518 g/mol. The number of piperazine rings is 1. The van der Waals surface area contributed by atoms with Gasteiger partial charge in [0.05, 0.1) is 11.1 Å². The zero-order valence-corrected chi connectivity index (χ0v) is 20.0. The summed E-state index contributed by atoms with van der Waals surface area (Å²) in [7, 11) is -4.27. The largest absolute Gasteiger partial charge is 0.573 e. The number of rotatable bonds is 8. The molecule has 0 unspecified atom stereocenters. The van der Waals surface area contributed by atoms with Crippen LogP contribution in [-0.2, 0) is 32.7 Å². The van der Waals surface area contributed by atoms with Gasteiger partial charge in [0.15, 0.2) is 0 Å². The molecule has 1 fully saturated rings. The number of hydrogen-bond donors (Lipinski definition) is 1. The molecule has 10 nitrogen and oxygen atoms in total. The molecule has 0 spiro atoms. The van der Waals surface area contributed by atoms with Crippen molar-refractivity contribution in [2.24, 2.45) is 0 Å². The quantitative estimate of drug-likeness (QED) is 0.571. The predicted octanol–water partition coefficient (Wildman–Crippen LogP) is 1.73. The Kier molecular flexibility index (Phi) is 8.05. The van der Waals surface area contributed by atoms with Crippen molar-refractivity contribution in [1.82, 2.24) is 24.3 Å². The molecule has 2 aromatic rings. The highest BCUT2D eigenvalue weighted by atomic mass is 32.2. The molecule has 2 heterocycles. The van der Waals surface area contributed by atoms with Crippen molar-refractivity contribution in [1.29, 1.82) is 0 Å². The first-order valence-electron chi connectivity index (χ1n) is 10.8.